The Balaban J connectivity index is 1.67. The van der Waals surface area contributed by atoms with Crippen molar-refractivity contribution in [3.63, 3.8) is 0 Å². The van der Waals surface area contributed by atoms with Crippen LogP contribution in [0.15, 0.2) is 0 Å². The molecule has 3 saturated carbocycles. The second-order valence-corrected chi connectivity index (χ2v) is 11.0. The SMILES string of the molecule is CC1CCC([S+](C2CCC(O)CC2)C2CCC(O)CC2)CC1. The van der Waals surface area contributed by atoms with Crippen LogP contribution in [0.2, 0.25) is 0 Å². The first-order valence-corrected chi connectivity index (χ1v) is 11.1. The molecule has 3 aliphatic carbocycles. The van der Waals surface area contributed by atoms with Crippen molar-refractivity contribution in [3.8, 4) is 0 Å². The minimum atomic E-state index is -0.0266. The molecule has 0 aliphatic heterocycles. The fourth-order valence-electron chi connectivity index (χ4n) is 4.95. The summed E-state index contributed by atoms with van der Waals surface area (Å²) < 4.78 is 0. The van der Waals surface area contributed by atoms with Crippen molar-refractivity contribution in [2.75, 3.05) is 0 Å². The van der Waals surface area contributed by atoms with Crippen LogP contribution < -0.4 is 0 Å². The van der Waals surface area contributed by atoms with Gasteiger partial charge in [-0.2, -0.15) is 0 Å². The molecule has 0 atom stereocenters. The molecule has 2 N–H and O–H groups in total. The zero-order valence-corrected chi connectivity index (χ0v) is 15.1. The minimum absolute atomic E-state index is 0.0266. The first kappa shape index (κ1) is 17.1. The van der Waals surface area contributed by atoms with E-state index in [-0.39, 0.29) is 12.2 Å². The third kappa shape index (κ3) is 4.21. The predicted molar refractivity (Wildman–Crippen MR) is 95.3 cm³/mol. The maximum atomic E-state index is 9.87. The summed E-state index contributed by atoms with van der Waals surface area (Å²) in [6.45, 7) is 2.42. The van der Waals surface area contributed by atoms with Crippen LogP contribution in [0.3, 0.4) is 0 Å². The lowest BCUT2D eigenvalue weighted by Gasteiger charge is -2.38. The summed E-state index contributed by atoms with van der Waals surface area (Å²) in [7, 11) is 0.549. The number of hydrogen-bond acceptors (Lipinski definition) is 2. The van der Waals surface area contributed by atoms with E-state index in [1.165, 1.54) is 51.4 Å². The van der Waals surface area contributed by atoms with Gasteiger partial charge in [0.1, 0.15) is 15.7 Å². The van der Waals surface area contributed by atoms with Gasteiger partial charge in [0.15, 0.2) is 0 Å². The molecule has 128 valence electrons. The summed E-state index contributed by atoms with van der Waals surface area (Å²) in [5, 5.41) is 22.4. The first-order valence-electron chi connectivity index (χ1n) is 9.70. The number of aliphatic hydroxyl groups is 2. The molecule has 2 nitrogen and oxygen atoms in total. The molecule has 0 heterocycles. The number of aliphatic hydroxyl groups excluding tert-OH is 2. The standard InChI is InChI=1S/C19H35O2S/c1-14-2-8-17(9-3-14)22(18-10-4-15(20)5-11-18)19-12-6-16(21)7-13-19/h14-21H,2-13H2,1H3/q+1. The van der Waals surface area contributed by atoms with Gasteiger partial charge >= 0.3 is 0 Å². The monoisotopic (exact) mass is 327 g/mol. The average molecular weight is 328 g/mol. The first-order chi connectivity index (χ1) is 10.6. The van der Waals surface area contributed by atoms with Crippen molar-refractivity contribution in [2.45, 2.75) is 112 Å². The minimum Gasteiger partial charge on any atom is -0.393 e. The Morgan fingerprint density at radius 2 is 0.864 bits per heavy atom. The molecule has 0 radical (unpaired) electrons. The van der Waals surface area contributed by atoms with Crippen molar-refractivity contribution in [1.29, 1.82) is 0 Å². The number of rotatable bonds is 3. The fraction of sp³-hybridized carbons (Fsp3) is 1.00. The fourth-order valence-corrected chi connectivity index (χ4v) is 9.04. The average Bonchev–Trinajstić information content (AvgIpc) is 2.53. The molecule has 3 rings (SSSR count). The van der Waals surface area contributed by atoms with Crippen molar-refractivity contribution in [3.05, 3.63) is 0 Å². The van der Waals surface area contributed by atoms with E-state index in [9.17, 15) is 10.2 Å². The van der Waals surface area contributed by atoms with E-state index in [0.717, 1.165) is 47.4 Å². The van der Waals surface area contributed by atoms with E-state index in [1.807, 2.05) is 0 Å². The van der Waals surface area contributed by atoms with Gasteiger partial charge in [0, 0.05) is 0 Å². The molecule has 3 heteroatoms. The Morgan fingerprint density at radius 3 is 1.23 bits per heavy atom. The van der Waals surface area contributed by atoms with Gasteiger partial charge in [-0.3, -0.25) is 0 Å². The van der Waals surface area contributed by atoms with E-state index in [0.29, 0.717) is 10.9 Å². The highest BCUT2D eigenvalue weighted by Crippen LogP contribution is 2.41. The van der Waals surface area contributed by atoms with Crippen molar-refractivity contribution in [2.24, 2.45) is 5.92 Å². The second-order valence-electron chi connectivity index (χ2n) is 8.15. The summed E-state index contributed by atoms with van der Waals surface area (Å²) in [4.78, 5) is 0. The van der Waals surface area contributed by atoms with Gasteiger partial charge in [0.05, 0.1) is 12.2 Å². The van der Waals surface area contributed by atoms with Crippen LogP contribution >= 0.6 is 0 Å². The van der Waals surface area contributed by atoms with Gasteiger partial charge in [-0.05, 0) is 93.9 Å². The van der Waals surface area contributed by atoms with E-state index in [1.54, 1.807) is 0 Å². The van der Waals surface area contributed by atoms with Gasteiger partial charge in [0.2, 0.25) is 0 Å². The van der Waals surface area contributed by atoms with E-state index in [4.69, 9.17) is 0 Å². The highest BCUT2D eigenvalue weighted by molar-refractivity contribution is 7.98. The van der Waals surface area contributed by atoms with E-state index >= 15 is 0 Å². The molecular weight excluding hydrogens is 292 g/mol. The summed E-state index contributed by atoms with van der Waals surface area (Å²) >= 11 is 0. The Hall–Kier alpha value is 0.270. The maximum absolute atomic E-state index is 9.87. The molecule has 0 bridgehead atoms. The molecule has 3 fully saturated rings. The zero-order valence-electron chi connectivity index (χ0n) is 14.3. The van der Waals surface area contributed by atoms with Crippen LogP contribution in [0.4, 0.5) is 0 Å². The molecule has 0 aromatic heterocycles. The molecule has 22 heavy (non-hydrogen) atoms. The third-order valence-electron chi connectivity index (χ3n) is 6.41. The molecule has 0 saturated heterocycles. The van der Waals surface area contributed by atoms with Crippen molar-refractivity contribution in [1.82, 2.24) is 0 Å². The third-order valence-corrected chi connectivity index (χ3v) is 10.1. The lowest BCUT2D eigenvalue weighted by molar-refractivity contribution is 0.128. The zero-order chi connectivity index (χ0) is 15.5. The van der Waals surface area contributed by atoms with Crippen LogP contribution in [0.5, 0.6) is 0 Å². The Bertz CT molecular complexity index is 272. The van der Waals surface area contributed by atoms with Crippen molar-refractivity contribution < 1.29 is 10.2 Å². The van der Waals surface area contributed by atoms with Crippen LogP contribution in [0, 0.1) is 5.92 Å². The molecular formula is C19H35O2S+. The molecule has 0 aromatic rings. The maximum Gasteiger partial charge on any atom is 0.119 e. The molecule has 0 aromatic carbocycles. The normalized spacial score (nSPS) is 45.4. The summed E-state index contributed by atoms with van der Waals surface area (Å²) in [6, 6.07) is 0. The van der Waals surface area contributed by atoms with Gasteiger partial charge in [0.25, 0.3) is 0 Å². The highest BCUT2D eigenvalue weighted by atomic mass is 32.2. The largest absolute Gasteiger partial charge is 0.393 e. The van der Waals surface area contributed by atoms with Gasteiger partial charge in [-0.1, -0.05) is 6.92 Å². The van der Waals surface area contributed by atoms with E-state index in [2.05, 4.69) is 6.92 Å². The summed E-state index contributed by atoms with van der Waals surface area (Å²) in [5.74, 6) is 0.933. The van der Waals surface area contributed by atoms with Gasteiger partial charge in [-0.25, -0.2) is 0 Å². The van der Waals surface area contributed by atoms with Crippen LogP contribution in [-0.2, 0) is 10.9 Å². The van der Waals surface area contributed by atoms with Crippen molar-refractivity contribution >= 4 is 10.9 Å². The lowest BCUT2D eigenvalue weighted by Crippen LogP contribution is -2.45. The molecule has 0 amide bonds. The van der Waals surface area contributed by atoms with Gasteiger partial charge in [-0.15, -0.1) is 0 Å². The predicted octanol–water partition coefficient (Wildman–Crippen LogP) is 3.79. The number of hydrogen-bond donors (Lipinski definition) is 2. The summed E-state index contributed by atoms with van der Waals surface area (Å²) in [6.07, 6.45) is 14.9. The molecule has 0 unspecified atom stereocenters. The quantitative estimate of drug-likeness (QED) is 0.774. The summed E-state index contributed by atoms with van der Waals surface area (Å²) in [5.41, 5.74) is 0. The Kier molecular flexibility index (Phi) is 6.14. The molecule has 0 spiro atoms. The highest BCUT2D eigenvalue weighted by Gasteiger charge is 2.47. The van der Waals surface area contributed by atoms with Crippen LogP contribution in [0.1, 0.15) is 84.0 Å². The molecule has 3 aliphatic rings. The Morgan fingerprint density at radius 1 is 0.545 bits per heavy atom. The lowest BCUT2D eigenvalue weighted by atomic mass is 9.90. The van der Waals surface area contributed by atoms with Crippen LogP contribution in [0.25, 0.3) is 0 Å². The Labute approximate surface area is 139 Å². The van der Waals surface area contributed by atoms with Crippen LogP contribution in [-0.4, -0.2) is 38.2 Å². The smallest absolute Gasteiger partial charge is 0.119 e. The van der Waals surface area contributed by atoms with Gasteiger partial charge < -0.3 is 10.2 Å². The topological polar surface area (TPSA) is 40.5 Å². The second kappa shape index (κ2) is 7.90. The van der Waals surface area contributed by atoms with E-state index < -0.39 is 0 Å².